The largest absolute Gasteiger partial charge is 0.339 e. The van der Waals surface area contributed by atoms with Crippen molar-refractivity contribution < 1.29 is 4.52 Å². The molecule has 0 amide bonds. The van der Waals surface area contributed by atoms with Crippen LogP contribution in [-0.4, -0.2) is 16.2 Å². The fourth-order valence-electron chi connectivity index (χ4n) is 4.91. The number of nitrogens with two attached hydrogens (primary N) is 1. The molecule has 2 N–H and O–H groups in total. The summed E-state index contributed by atoms with van der Waals surface area (Å²) < 4.78 is 5.64. The maximum absolute atomic E-state index is 6.39. The Bertz CT molecular complexity index is 512. The first-order chi connectivity index (χ1) is 10.0. The average Bonchev–Trinajstić information content (AvgIpc) is 3.13. The van der Waals surface area contributed by atoms with Gasteiger partial charge in [0, 0.05) is 12.0 Å². The van der Waals surface area contributed by atoms with Crippen molar-refractivity contribution in [3.05, 3.63) is 11.7 Å². The third-order valence-corrected chi connectivity index (χ3v) is 6.43. The van der Waals surface area contributed by atoms with Gasteiger partial charge in [-0.05, 0) is 62.2 Å². The van der Waals surface area contributed by atoms with Crippen LogP contribution in [0.3, 0.4) is 0 Å². The molecule has 3 fully saturated rings. The van der Waals surface area contributed by atoms with E-state index in [0.717, 1.165) is 11.7 Å². The van der Waals surface area contributed by atoms with Crippen LogP contribution in [0.5, 0.6) is 0 Å². The number of nitrogens with zero attached hydrogens (tertiary/aromatic N) is 2. The summed E-state index contributed by atoms with van der Waals surface area (Å²) in [5, 5.41) is 4.31. The van der Waals surface area contributed by atoms with Gasteiger partial charge in [-0.2, -0.15) is 4.98 Å². The van der Waals surface area contributed by atoms with Gasteiger partial charge < -0.3 is 10.3 Å². The SMILES string of the molecule is CC1(C)CCC(c2noc(C3C4CCC(C4)C3N)n2)CC1. The zero-order chi connectivity index (χ0) is 14.6. The van der Waals surface area contributed by atoms with Gasteiger partial charge in [0.15, 0.2) is 5.82 Å². The maximum atomic E-state index is 6.39. The van der Waals surface area contributed by atoms with E-state index in [0.29, 0.717) is 29.1 Å². The zero-order valence-corrected chi connectivity index (χ0v) is 13.2. The van der Waals surface area contributed by atoms with Crippen molar-refractivity contribution in [2.75, 3.05) is 0 Å². The molecule has 1 aromatic heterocycles. The molecule has 4 atom stereocenters. The van der Waals surface area contributed by atoms with E-state index < -0.39 is 0 Å². The van der Waals surface area contributed by atoms with Gasteiger partial charge in [-0.25, -0.2) is 0 Å². The number of fused-ring (bicyclic) bond motifs is 2. The summed E-state index contributed by atoms with van der Waals surface area (Å²) in [6.07, 6.45) is 8.74. The van der Waals surface area contributed by atoms with Crippen molar-refractivity contribution in [1.29, 1.82) is 0 Å². The Balaban J connectivity index is 1.49. The van der Waals surface area contributed by atoms with Crippen LogP contribution in [0.25, 0.3) is 0 Å². The van der Waals surface area contributed by atoms with Crippen LogP contribution in [0.2, 0.25) is 0 Å². The molecular formula is C17H27N3O. The van der Waals surface area contributed by atoms with Gasteiger partial charge in [0.25, 0.3) is 0 Å². The monoisotopic (exact) mass is 289 g/mol. The van der Waals surface area contributed by atoms with Crippen LogP contribution < -0.4 is 5.73 Å². The smallest absolute Gasteiger partial charge is 0.231 e. The van der Waals surface area contributed by atoms with E-state index in [-0.39, 0.29) is 6.04 Å². The van der Waals surface area contributed by atoms with Gasteiger partial charge in [0.1, 0.15) is 0 Å². The van der Waals surface area contributed by atoms with E-state index in [2.05, 4.69) is 19.0 Å². The predicted octanol–water partition coefficient (Wildman–Crippen LogP) is 3.59. The minimum absolute atomic E-state index is 0.238. The van der Waals surface area contributed by atoms with Gasteiger partial charge in [0.05, 0.1) is 5.92 Å². The molecule has 4 nitrogen and oxygen atoms in total. The first kappa shape index (κ1) is 13.7. The lowest BCUT2D eigenvalue weighted by Crippen LogP contribution is -2.34. The summed E-state index contributed by atoms with van der Waals surface area (Å²) in [7, 11) is 0. The Kier molecular flexibility index (Phi) is 3.14. The van der Waals surface area contributed by atoms with Crippen molar-refractivity contribution in [1.82, 2.24) is 10.1 Å². The van der Waals surface area contributed by atoms with Crippen LogP contribution in [0.1, 0.15) is 82.3 Å². The molecule has 1 aromatic rings. The highest BCUT2D eigenvalue weighted by Gasteiger charge is 2.49. The molecule has 2 bridgehead atoms. The van der Waals surface area contributed by atoms with Crippen LogP contribution in [0.4, 0.5) is 0 Å². The first-order valence-corrected chi connectivity index (χ1v) is 8.62. The topological polar surface area (TPSA) is 64.9 Å². The Hall–Kier alpha value is -0.900. The van der Waals surface area contributed by atoms with Crippen molar-refractivity contribution in [2.24, 2.45) is 23.0 Å². The molecule has 4 unspecified atom stereocenters. The van der Waals surface area contributed by atoms with E-state index in [1.54, 1.807) is 0 Å². The van der Waals surface area contributed by atoms with Gasteiger partial charge in [0.2, 0.25) is 5.89 Å². The van der Waals surface area contributed by atoms with Gasteiger partial charge in [-0.1, -0.05) is 19.0 Å². The molecule has 3 aliphatic rings. The molecule has 0 aliphatic heterocycles. The molecule has 4 rings (SSSR count). The molecule has 0 aromatic carbocycles. The third kappa shape index (κ3) is 2.32. The highest BCUT2D eigenvalue weighted by molar-refractivity contribution is 5.12. The third-order valence-electron chi connectivity index (χ3n) is 6.43. The van der Waals surface area contributed by atoms with Gasteiger partial charge in [-0.15, -0.1) is 0 Å². The molecule has 4 heteroatoms. The molecule has 21 heavy (non-hydrogen) atoms. The molecule has 3 saturated carbocycles. The summed E-state index contributed by atoms with van der Waals surface area (Å²) in [5.41, 5.74) is 6.87. The minimum Gasteiger partial charge on any atom is -0.339 e. The van der Waals surface area contributed by atoms with Crippen molar-refractivity contribution in [3.63, 3.8) is 0 Å². The molecule has 0 spiro atoms. The fourth-order valence-corrected chi connectivity index (χ4v) is 4.91. The Morgan fingerprint density at radius 3 is 2.48 bits per heavy atom. The Morgan fingerprint density at radius 2 is 1.81 bits per heavy atom. The van der Waals surface area contributed by atoms with E-state index in [1.165, 1.54) is 44.9 Å². The Labute approximate surface area is 126 Å². The lowest BCUT2D eigenvalue weighted by molar-refractivity contribution is 0.218. The summed E-state index contributed by atoms with van der Waals surface area (Å²) in [6.45, 7) is 4.72. The lowest BCUT2D eigenvalue weighted by Gasteiger charge is -2.32. The highest BCUT2D eigenvalue weighted by Crippen LogP contribution is 2.52. The molecule has 3 aliphatic carbocycles. The van der Waals surface area contributed by atoms with E-state index in [1.807, 2.05) is 0 Å². The van der Waals surface area contributed by atoms with Gasteiger partial charge in [-0.3, -0.25) is 0 Å². The molecule has 0 radical (unpaired) electrons. The summed E-state index contributed by atoms with van der Waals surface area (Å²) in [6, 6.07) is 0.238. The minimum atomic E-state index is 0.238. The molecule has 1 heterocycles. The van der Waals surface area contributed by atoms with Gasteiger partial charge >= 0.3 is 0 Å². The van der Waals surface area contributed by atoms with E-state index >= 15 is 0 Å². The van der Waals surface area contributed by atoms with Crippen LogP contribution >= 0.6 is 0 Å². The molecule has 0 saturated heterocycles. The van der Waals surface area contributed by atoms with Crippen LogP contribution in [-0.2, 0) is 0 Å². The quantitative estimate of drug-likeness (QED) is 0.903. The summed E-state index contributed by atoms with van der Waals surface area (Å²) in [5.74, 6) is 3.95. The van der Waals surface area contributed by atoms with Crippen molar-refractivity contribution >= 4 is 0 Å². The zero-order valence-electron chi connectivity index (χ0n) is 13.2. The second-order valence-corrected chi connectivity index (χ2v) is 8.37. The summed E-state index contributed by atoms with van der Waals surface area (Å²) in [4.78, 5) is 4.78. The lowest BCUT2D eigenvalue weighted by atomic mass is 9.73. The standard InChI is InChI=1S/C17H27N3O/c1-17(2)7-5-10(6-8-17)15-19-16(21-20-15)13-11-3-4-12(9-11)14(13)18/h10-14H,3-9,18H2,1-2H3. The number of hydrogen-bond acceptors (Lipinski definition) is 4. The van der Waals surface area contributed by atoms with Crippen molar-refractivity contribution in [2.45, 2.75) is 76.7 Å². The van der Waals surface area contributed by atoms with Crippen LogP contribution in [0, 0.1) is 17.3 Å². The molecule has 116 valence electrons. The number of aromatic nitrogens is 2. The summed E-state index contributed by atoms with van der Waals surface area (Å²) >= 11 is 0. The predicted molar refractivity (Wildman–Crippen MR) is 80.8 cm³/mol. The average molecular weight is 289 g/mol. The fraction of sp³-hybridized carbons (Fsp3) is 0.882. The Morgan fingerprint density at radius 1 is 1.10 bits per heavy atom. The normalized spacial score (nSPS) is 39.0. The number of rotatable bonds is 2. The van der Waals surface area contributed by atoms with Crippen molar-refractivity contribution in [3.8, 4) is 0 Å². The molecular weight excluding hydrogens is 262 g/mol. The number of hydrogen-bond donors (Lipinski definition) is 1. The van der Waals surface area contributed by atoms with Crippen LogP contribution in [0.15, 0.2) is 4.52 Å². The highest BCUT2D eigenvalue weighted by atomic mass is 16.5. The van der Waals surface area contributed by atoms with E-state index in [9.17, 15) is 0 Å². The van der Waals surface area contributed by atoms with E-state index in [4.69, 9.17) is 15.2 Å². The maximum Gasteiger partial charge on any atom is 0.231 e. The first-order valence-electron chi connectivity index (χ1n) is 8.62. The second kappa shape index (κ2) is 4.80. The second-order valence-electron chi connectivity index (χ2n) is 8.37.